The van der Waals surface area contributed by atoms with Crippen molar-refractivity contribution < 1.29 is 19.5 Å². The van der Waals surface area contributed by atoms with Gasteiger partial charge in [-0.25, -0.2) is 4.79 Å². The predicted octanol–water partition coefficient (Wildman–Crippen LogP) is 2.84. The molecule has 0 bridgehead atoms. The number of aromatic hydroxyl groups is 1. The van der Waals surface area contributed by atoms with Crippen LogP contribution in [0.1, 0.15) is 43.9 Å². The number of urea groups is 1. The Balaban J connectivity index is 1.88. The first-order valence-electron chi connectivity index (χ1n) is 8.83. The summed E-state index contributed by atoms with van der Waals surface area (Å²) in [7, 11) is 0. The van der Waals surface area contributed by atoms with E-state index < -0.39 is 6.10 Å². The molecule has 0 spiro atoms. The van der Waals surface area contributed by atoms with Crippen molar-refractivity contribution in [2.45, 2.75) is 39.8 Å². The van der Waals surface area contributed by atoms with Gasteiger partial charge in [-0.3, -0.25) is 0 Å². The van der Waals surface area contributed by atoms with Gasteiger partial charge in [0.05, 0.1) is 24.9 Å². The lowest BCUT2D eigenvalue weighted by Crippen LogP contribution is -2.41. The van der Waals surface area contributed by atoms with Crippen LogP contribution in [0.4, 0.5) is 4.79 Å². The first-order chi connectivity index (χ1) is 12.4. The lowest BCUT2D eigenvalue weighted by Gasteiger charge is -2.24. The summed E-state index contributed by atoms with van der Waals surface area (Å²) in [4.78, 5) is 13.9. The number of phenolic OH excluding ortho intramolecular Hbond substituents is 1. The maximum absolute atomic E-state index is 12.4. The van der Waals surface area contributed by atoms with E-state index in [-0.39, 0.29) is 24.9 Å². The molecule has 0 unspecified atom stereocenters. The molecule has 2 amide bonds. The maximum atomic E-state index is 12.4. The lowest BCUT2D eigenvalue weighted by atomic mass is 10.1. The number of carbonyl (C=O) groups excluding carboxylic acids is 1. The number of likely N-dealkylation sites (N-methyl/N-ethyl adjacent to an activating group) is 1. The molecule has 0 saturated carbocycles. The van der Waals surface area contributed by atoms with Crippen LogP contribution in [0.25, 0.3) is 0 Å². The van der Waals surface area contributed by atoms with Crippen LogP contribution < -0.4 is 5.32 Å². The smallest absolute Gasteiger partial charge is 0.317 e. The van der Waals surface area contributed by atoms with E-state index in [1.807, 2.05) is 13.0 Å². The molecular formula is C19H27N3O4. The van der Waals surface area contributed by atoms with Crippen molar-refractivity contribution >= 4 is 6.03 Å². The van der Waals surface area contributed by atoms with Gasteiger partial charge in [0.2, 0.25) is 0 Å². The van der Waals surface area contributed by atoms with E-state index in [2.05, 4.69) is 24.3 Å². The van der Waals surface area contributed by atoms with Crippen molar-refractivity contribution in [3.63, 3.8) is 0 Å². The quantitative estimate of drug-likeness (QED) is 0.671. The zero-order valence-electron chi connectivity index (χ0n) is 15.5. The summed E-state index contributed by atoms with van der Waals surface area (Å²) < 4.78 is 5.23. The fourth-order valence-electron chi connectivity index (χ4n) is 2.63. The van der Waals surface area contributed by atoms with Gasteiger partial charge in [0.25, 0.3) is 0 Å². The van der Waals surface area contributed by atoms with Gasteiger partial charge in [-0.05, 0) is 37.0 Å². The molecule has 26 heavy (non-hydrogen) atoms. The summed E-state index contributed by atoms with van der Waals surface area (Å²) in [5.74, 6) is 1.16. The second-order valence-corrected chi connectivity index (χ2v) is 6.69. The number of aromatic nitrogens is 1. The van der Waals surface area contributed by atoms with E-state index in [4.69, 9.17) is 4.52 Å². The molecule has 0 aliphatic rings. The summed E-state index contributed by atoms with van der Waals surface area (Å²) in [6, 6.07) is 7.93. The van der Waals surface area contributed by atoms with Crippen LogP contribution in [0, 0.1) is 5.92 Å². The number of aliphatic hydroxyl groups excluding tert-OH is 1. The number of hydrogen-bond acceptors (Lipinski definition) is 5. The highest BCUT2D eigenvalue weighted by molar-refractivity contribution is 5.74. The largest absolute Gasteiger partial charge is 0.508 e. The number of phenols is 1. The number of nitrogens with zero attached hydrogens (tertiary/aromatic N) is 2. The van der Waals surface area contributed by atoms with E-state index >= 15 is 0 Å². The SMILES string of the molecule is CCN(C[C@H](O)c1cccc(O)c1)C(=O)NCc1cc(CC(C)C)no1. The Morgan fingerprint density at radius 3 is 2.77 bits per heavy atom. The van der Waals surface area contributed by atoms with Gasteiger partial charge in [0.1, 0.15) is 5.75 Å². The molecular weight excluding hydrogens is 334 g/mol. The van der Waals surface area contributed by atoms with E-state index in [1.165, 1.54) is 17.0 Å². The molecule has 1 heterocycles. The van der Waals surface area contributed by atoms with Crippen molar-refractivity contribution in [3.8, 4) is 5.75 Å². The fraction of sp³-hybridized carbons (Fsp3) is 0.474. The Morgan fingerprint density at radius 2 is 2.12 bits per heavy atom. The molecule has 0 radical (unpaired) electrons. The minimum atomic E-state index is -0.879. The van der Waals surface area contributed by atoms with E-state index in [9.17, 15) is 15.0 Å². The minimum absolute atomic E-state index is 0.0802. The highest BCUT2D eigenvalue weighted by Gasteiger charge is 2.18. The zero-order valence-corrected chi connectivity index (χ0v) is 15.5. The lowest BCUT2D eigenvalue weighted by molar-refractivity contribution is 0.123. The van der Waals surface area contributed by atoms with Gasteiger partial charge in [0.15, 0.2) is 5.76 Å². The Kier molecular flexibility index (Phi) is 7.03. The third-order valence-corrected chi connectivity index (χ3v) is 3.96. The molecule has 1 aromatic heterocycles. The average molecular weight is 361 g/mol. The summed E-state index contributed by atoms with van der Waals surface area (Å²) in [6.07, 6.45) is -0.0509. The van der Waals surface area contributed by atoms with Crippen LogP contribution in [-0.2, 0) is 13.0 Å². The Morgan fingerprint density at radius 1 is 1.35 bits per heavy atom. The Hall–Kier alpha value is -2.54. The third-order valence-electron chi connectivity index (χ3n) is 3.96. The van der Waals surface area contributed by atoms with Crippen LogP contribution in [0.15, 0.2) is 34.9 Å². The predicted molar refractivity (Wildman–Crippen MR) is 97.6 cm³/mol. The van der Waals surface area contributed by atoms with Crippen molar-refractivity contribution in [2.24, 2.45) is 5.92 Å². The molecule has 7 heteroatoms. The average Bonchev–Trinajstić information content (AvgIpc) is 3.04. The fourth-order valence-corrected chi connectivity index (χ4v) is 2.63. The van der Waals surface area contributed by atoms with E-state index in [0.29, 0.717) is 23.8 Å². The molecule has 2 aromatic rings. The van der Waals surface area contributed by atoms with Gasteiger partial charge in [-0.15, -0.1) is 0 Å². The van der Waals surface area contributed by atoms with Crippen molar-refractivity contribution in [1.82, 2.24) is 15.4 Å². The molecule has 1 aromatic carbocycles. The third kappa shape index (κ3) is 5.77. The molecule has 3 N–H and O–H groups in total. The van der Waals surface area contributed by atoms with Crippen LogP contribution in [0.3, 0.4) is 0 Å². The molecule has 0 aliphatic carbocycles. The molecule has 1 atom stereocenters. The summed E-state index contributed by atoms with van der Waals surface area (Å²) in [5, 5.41) is 26.6. The number of benzene rings is 1. The molecule has 142 valence electrons. The van der Waals surface area contributed by atoms with Gasteiger partial charge in [-0.1, -0.05) is 31.1 Å². The first kappa shape index (κ1) is 19.8. The Bertz CT molecular complexity index is 714. The van der Waals surface area contributed by atoms with Crippen molar-refractivity contribution in [3.05, 3.63) is 47.3 Å². The normalized spacial score (nSPS) is 12.2. The standard InChI is InChI=1S/C19H27N3O4/c1-4-22(12-18(24)14-6-5-7-16(23)9-14)19(25)20-11-17-10-15(21-26-17)8-13(2)3/h5-7,9-10,13,18,23-24H,4,8,11-12H2,1-3H3,(H,20,25)/t18-/m0/s1. The number of rotatable bonds is 8. The number of aliphatic hydroxyl groups is 1. The number of hydrogen-bond donors (Lipinski definition) is 3. The van der Waals surface area contributed by atoms with Crippen LogP contribution in [-0.4, -0.2) is 39.4 Å². The van der Waals surface area contributed by atoms with E-state index in [0.717, 1.165) is 12.1 Å². The van der Waals surface area contributed by atoms with Crippen LogP contribution in [0.2, 0.25) is 0 Å². The maximum Gasteiger partial charge on any atom is 0.317 e. The van der Waals surface area contributed by atoms with Crippen molar-refractivity contribution in [2.75, 3.05) is 13.1 Å². The number of carbonyl (C=O) groups is 1. The summed E-state index contributed by atoms with van der Waals surface area (Å²) in [5.41, 5.74) is 1.43. The summed E-state index contributed by atoms with van der Waals surface area (Å²) in [6.45, 7) is 6.85. The van der Waals surface area contributed by atoms with Gasteiger partial charge < -0.3 is 25.0 Å². The minimum Gasteiger partial charge on any atom is -0.508 e. The number of nitrogens with one attached hydrogen (secondary N) is 1. The highest BCUT2D eigenvalue weighted by Crippen LogP contribution is 2.19. The molecule has 2 rings (SSSR count). The molecule has 0 aliphatic heterocycles. The second kappa shape index (κ2) is 9.24. The molecule has 0 fully saturated rings. The van der Waals surface area contributed by atoms with Crippen molar-refractivity contribution in [1.29, 1.82) is 0 Å². The monoisotopic (exact) mass is 361 g/mol. The second-order valence-electron chi connectivity index (χ2n) is 6.69. The van der Waals surface area contributed by atoms with Gasteiger partial charge >= 0.3 is 6.03 Å². The van der Waals surface area contributed by atoms with Gasteiger partial charge in [0, 0.05) is 12.6 Å². The molecule has 0 saturated heterocycles. The zero-order chi connectivity index (χ0) is 19.1. The summed E-state index contributed by atoms with van der Waals surface area (Å²) >= 11 is 0. The molecule has 7 nitrogen and oxygen atoms in total. The van der Waals surface area contributed by atoms with Gasteiger partial charge in [-0.2, -0.15) is 0 Å². The van der Waals surface area contributed by atoms with Crippen LogP contribution in [0.5, 0.6) is 5.75 Å². The first-order valence-corrected chi connectivity index (χ1v) is 8.83. The van der Waals surface area contributed by atoms with E-state index in [1.54, 1.807) is 12.1 Å². The van der Waals surface area contributed by atoms with Crippen LogP contribution >= 0.6 is 0 Å². The number of amides is 2. The Labute approximate surface area is 153 Å². The topological polar surface area (TPSA) is 98.8 Å². The highest BCUT2D eigenvalue weighted by atomic mass is 16.5.